The topological polar surface area (TPSA) is 79.5 Å². The van der Waals surface area contributed by atoms with E-state index in [1.165, 1.54) is 24.3 Å². The third kappa shape index (κ3) is 4.23. The maximum Gasteiger partial charge on any atom is 0.421 e. The Morgan fingerprint density at radius 1 is 1.16 bits per heavy atom. The van der Waals surface area contributed by atoms with Crippen molar-refractivity contribution >= 4 is 17.2 Å². The molecule has 1 heterocycles. The van der Waals surface area contributed by atoms with Crippen molar-refractivity contribution in [2.24, 2.45) is 5.73 Å². The average molecular weight is 454 g/mol. The number of aliphatic hydroxyl groups is 1. The molecular formula is C22H26F3N3O2S. The number of rotatable bonds is 5. The molecular weight excluding hydrogens is 427 g/mol. The fraction of sp³-hybridized carbons (Fsp3) is 0.545. The van der Waals surface area contributed by atoms with Crippen molar-refractivity contribution in [2.45, 2.75) is 74.8 Å². The number of carbonyl (C=O) groups is 1. The van der Waals surface area contributed by atoms with E-state index in [0.717, 1.165) is 43.5 Å². The predicted octanol–water partition coefficient (Wildman–Crippen LogP) is 4.31. The number of hydrogen-bond acceptors (Lipinski definition) is 5. The molecule has 2 aliphatic rings. The minimum Gasteiger partial charge on any atom is -0.376 e. The van der Waals surface area contributed by atoms with E-state index in [1.807, 2.05) is 10.3 Å². The van der Waals surface area contributed by atoms with Crippen LogP contribution in [0.25, 0.3) is 0 Å². The molecule has 3 N–H and O–H groups in total. The van der Waals surface area contributed by atoms with Crippen molar-refractivity contribution in [1.29, 1.82) is 0 Å². The van der Waals surface area contributed by atoms with Gasteiger partial charge in [0.15, 0.2) is 5.60 Å². The molecule has 0 aliphatic heterocycles. The molecule has 0 bridgehead atoms. The maximum absolute atomic E-state index is 13.3. The largest absolute Gasteiger partial charge is 0.421 e. The molecule has 0 spiro atoms. The molecule has 5 nitrogen and oxygen atoms in total. The molecule has 1 amide bonds. The van der Waals surface area contributed by atoms with Gasteiger partial charge >= 0.3 is 6.18 Å². The van der Waals surface area contributed by atoms with Crippen molar-refractivity contribution in [3.63, 3.8) is 0 Å². The Labute approximate surface area is 183 Å². The summed E-state index contributed by atoms with van der Waals surface area (Å²) in [6.45, 7) is 0.712. The van der Waals surface area contributed by atoms with Crippen LogP contribution in [0.5, 0.6) is 0 Å². The van der Waals surface area contributed by atoms with Gasteiger partial charge in [-0.1, -0.05) is 12.1 Å². The first kappa shape index (κ1) is 22.2. The summed E-state index contributed by atoms with van der Waals surface area (Å²) in [5.74, 6) is -0.176. The lowest BCUT2D eigenvalue weighted by Gasteiger charge is -2.41. The van der Waals surface area contributed by atoms with E-state index in [1.54, 1.807) is 17.5 Å². The van der Waals surface area contributed by atoms with Gasteiger partial charge in [-0.15, -0.1) is 11.3 Å². The third-order valence-electron chi connectivity index (χ3n) is 6.52. The van der Waals surface area contributed by atoms with Gasteiger partial charge in [-0.25, -0.2) is 4.98 Å². The summed E-state index contributed by atoms with van der Waals surface area (Å²) in [6.07, 6.45) is 1.81. The summed E-state index contributed by atoms with van der Waals surface area (Å²) in [5, 5.41) is 12.7. The fourth-order valence-corrected chi connectivity index (χ4v) is 5.12. The highest BCUT2D eigenvalue weighted by Gasteiger charge is 2.51. The number of nitrogens with two attached hydrogens (primary N) is 1. The van der Waals surface area contributed by atoms with Gasteiger partial charge in [0.05, 0.1) is 5.54 Å². The number of halogens is 3. The highest BCUT2D eigenvalue weighted by Crippen LogP contribution is 2.42. The van der Waals surface area contributed by atoms with E-state index in [4.69, 9.17) is 5.73 Å². The molecule has 0 saturated heterocycles. The van der Waals surface area contributed by atoms with Crippen LogP contribution in [0.1, 0.15) is 66.4 Å². The Morgan fingerprint density at radius 2 is 1.74 bits per heavy atom. The summed E-state index contributed by atoms with van der Waals surface area (Å²) in [7, 11) is 0. The summed E-state index contributed by atoms with van der Waals surface area (Å²) < 4.78 is 39.3. The third-order valence-corrected chi connectivity index (χ3v) is 7.51. The lowest BCUT2D eigenvalue weighted by Crippen LogP contribution is -2.49. The van der Waals surface area contributed by atoms with Crippen LogP contribution in [0.2, 0.25) is 0 Å². The van der Waals surface area contributed by atoms with Crippen molar-refractivity contribution in [1.82, 2.24) is 9.88 Å². The summed E-state index contributed by atoms with van der Waals surface area (Å²) >= 11 is 1.55. The van der Waals surface area contributed by atoms with Crippen LogP contribution in [0.3, 0.4) is 0 Å². The number of alkyl halides is 3. The zero-order valence-electron chi connectivity index (χ0n) is 17.2. The number of thiazole rings is 1. The molecule has 0 radical (unpaired) electrons. The van der Waals surface area contributed by atoms with Gasteiger partial charge in [-0.05, 0) is 63.1 Å². The van der Waals surface area contributed by atoms with Gasteiger partial charge in [-0.2, -0.15) is 13.2 Å². The smallest absolute Gasteiger partial charge is 0.376 e. The standard InChI is InChI=1S/C22H26F3N3O2S/c1-20(30,22(23,24)25)15-4-2-14(3-5-15)18(29)28(16-6-7-16)17-8-10-21(26,11-9-17)19-27-12-13-31-19/h2-5,12-13,16-17,30H,6-11,26H2,1H3/t17-,20-,21+/m0/s1. The van der Waals surface area contributed by atoms with Crippen LogP contribution in [0.4, 0.5) is 13.2 Å². The Balaban J connectivity index is 1.49. The molecule has 2 fully saturated rings. The molecule has 9 heteroatoms. The van der Waals surface area contributed by atoms with Gasteiger partial charge in [0.1, 0.15) is 5.01 Å². The highest BCUT2D eigenvalue weighted by molar-refractivity contribution is 7.09. The molecule has 2 saturated carbocycles. The number of carbonyl (C=O) groups excluding carboxylic acids is 1. The van der Waals surface area contributed by atoms with Gasteiger partial charge in [0.25, 0.3) is 5.91 Å². The average Bonchev–Trinajstić information content (AvgIpc) is 3.39. The number of hydrogen-bond donors (Lipinski definition) is 2. The van der Waals surface area contributed by atoms with Crippen molar-refractivity contribution in [2.75, 3.05) is 0 Å². The van der Waals surface area contributed by atoms with Crippen molar-refractivity contribution in [3.05, 3.63) is 52.0 Å². The molecule has 2 aliphatic carbocycles. The fourth-order valence-electron chi connectivity index (χ4n) is 4.31. The first-order valence-electron chi connectivity index (χ1n) is 10.4. The van der Waals surface area contributed by atoms with Gasteiger partial charge in [-0.3, -0.25) is 4.79 Å². The Bertz CT molecular complexity index is 916. The zero-order chi connectivity index (χ0) is 22.4. The zero-order valence-corrected chi connectivity index (χ0v) is 18.0. The normalized spacial score (nSPS) is 26.3. The van der Waals surface area contributed by atoms with Gasteiger partial charge in [0, 0.05) is 29.2 Å². The summed E-state index contributed by atoms with van der Waals surface area (Å²) in [4.78, 5) is 19.5. The molecule has 168 valence electrons. The van der Waals surface area contributed by atoms with Crippen LogP contribution in [0.15, 0.2) is 35.8 Å². The molecule has 1 atom stereocenters. The lowest BCUT2D eigenvalue weighted by molar-refractivity contribution is -0.258. The summed E-state index contributed by atoms with van der Waals surface area (Å²) in [6, 6.07) is 5.33. The second-order valence-corrected chi connectivity index (χ2v) is 9.71. The minimum atomic E-state index is -4.80. The van der Waals surface area contributed by atoms with Crippen molar-refractivity contribution in [3.8, 4) is 0 Å². The summed E-state index contributed by atoms with van der Waals surface area (Å²) in [5.41, 5.74) is 3.20. The van der Waals surface area contributed by atoms with Gasteiger partial charge in [0.2, 0.25) is 0 Å². The van der Waals surface area contributed by atoms with E-state index in [0.29, 0.717) is 12.5 Å². The Morgan fingerprint density at radius 3 is 2.23 bits per heavy atom. The second-order valence-electron chi connectivity index (χ2n) is 8.82. The van der Waals surface area contributed by atoms with Crippen molar-refractivity contribution < 1.29 is 23.1 Å². The molecule has 1 aromatic heterocycles. The second kappa shape index (κ2) is 7.86. The van der Waals surface area contributed by atoms with Crippen LogP contribution in [-0.2, 0) is 11.1 Å². The van der Waals surface area contributed by atoms with E-state index in [2.05, 4.69) is 4.98 Å². The Kier molecular flexibility index (Phi) is 5.64. The number of amides is 1. The first-order chi connectivity index (χ1) is 14.5. The predicted molar refractivity (Wildman–Crippen MR) is 111 cm³/mol. The van der Waals surface area contributed by atoms with Gasteiger partial charge < -0.3 is 15.7 Å². The maximum atomic E-state index is 13.3. The SMILES string of the molecule is C[C@](O)(c1ccc(C(=O)N(C2CC2)[C@H]2CC[C@](N)(c3nccs3)CC2)cc1)C(F)(F)F. The van der Waals surface area contributed by atoms with Crippen LogP contribution < -0.4 is 5.73 Å². The number of benzene rings is 1. The molecule has 31 heavy (non-hydrogen) atoms. The van der Waals surface area contributed by atoms with Crippen LogP contribution in [-0.4, -0.2) is 39.2 Å². The first-order valence-corrected chi connectivity index (χ1v) is 11.3. The Hall–Kier alpha value is -1.97. The minimum absolute atomic E-state index is 0.0506. The van der Waals surface area contributed by atoms with E-state index in [-0.39, 0.29) is 23.6 Å². The van der Waals surface area contributed by atoms with E-state index < -0.39 is 17.3 Å². The van der Waals surface area contributed by atoms with Crippen LogP contribution in [0, 0.1) is 0 Å². The van der Waals surface area contributed by atoms with E-state index in [9.17, 15) is 23.1 Å². The van der Waals surface area contributed by atoms with E-state index >= 15 is 0 Å². The monoisotopic (exact) mass is 453 g/mol. The molecule has 2 aromatic rings. The number of nitrogens with zero attached hydrogens (tertiary/aromatic N) is 2. The highest BCUT2D eigenvalue weighted by atomic mass is 32.1. The number of aromatic nitrogens is 1. The van der Waals surface area contributed by atoms with Crippen LogP contribution >= 0.6 is 11.3 Å². The lowest BCUT2D eigenvalue weighted by atomic mass is 9.79. The quantitative estimate of drug-likeness (QED) is 0.707. The molecule has 4 rings (SSSR count). The molecule has 1 aromatic carbocycles. The molecule has 0 unspecified atom stereocenters.